The first-order chi connectivity index (χ1) is 18.7. The summed E-state index contributed by atoms with van der Waals surface area (Å²) in [5, 5.41) is 0. The Balaban J connectivity index is 1.36. The zero-order valence-corrected chi connectivity index (χ0v) is 27.1. The number of carbonyl (C=O) groups is 1. The lowest BCUT2D eigenvalue weighted by Crippen LogP contribution is -2.58. The predicted molar refractivity (Wildman–Crippen MR) is 166 cm³/mol. The predicted octanol–water partition coefficient (Wildman–Crippen LogP) is 11.2. The number of carbonyl (C=O) groups excluding carboxylic acids is 1. The zero-order chi connectivity index (χ0) is 28.0. The molecule has 0 aliphatic heterocycles. The number of fused-ring (bicyclic) bond motifs is 5. The van der Waals surface area contributed by atoms with Crippen molar-refractivity contribution in [1.82, 2.24) is 0 Å². The Labute approximate surface area is 243 Å². The lowest BCUT2D eigenvalue weighted by molar-refractivity contribution is -0.192. The van der Waals surface area contributed by atoms with Crippen LogP contribution in [0, 0.1) is 52.3 Å². The smallest absolute Gasteiger partial charge is 0.306 e. The molecular weight excluding hydrogens is 476 g/mol. The molecule has 0 N–H and O–H groups in total. The van der Waals surface area contributed by atoms with Crippen LogP contribution in [-0.4, -0.2) is 12.1 Å². The van der Waals surface area contributed by atoms with E-state index in [1.54, 1.807) is 0 Å². The van der Waals surface area contributed by atoms with E-state index in [0.717, 1.165) is 54.3 Å². The van der Waals surface area contributed by atoms with Crippen molar-refractivity contribution in [2.75, 3.05) is 0 Å². The molecule has 1 unspecified atom stereocenters. The Morgan fingerprint density at radius 3 is 2.28 bits per heavy atom. The molecule has 4 aliphatic rings. The van der Waals surface area contributed by atoms with Crippen LogP contribution in [0.1, 0.15) is 170 Å². The van der Waals surface area contributed by atoms with Gasteiger partial charge in [-0.15, -0.1) is 0 Å². The molecule has 4 fully saturated rings. The first-order valence-corrected chi connectivity index (χ1v) is 17.9. The van der Waals surface area contributed by atoms with E-state index in [0.29, 0.717) is 11.8 Å². The number of rotatable bonds is 14. The Kier molecular flexibility index (Phi) is 11.3. The van der Waals surface area contributed by atoms with Gasteiger partial charge in [0.05, 0.1) is 0 Å². The first kappa shape index (κ1) is 31.4. The lowest BCUT2D eigenvalue weighted by atomic mass is 9.44. The van der Waals surface area contributed by atoms with E-state index in [2.05, 4.69) is 41.5 Å². The summed E-state index contributed by atoms with van der Waals surface area (Å²) in [7, 11) is 0. The highest BCUT2D eigenvalue weighted by Crippen LogP contribution is 2.68. The minimum absolute atomic E-state index is 0.106. The molecule has 0 aromatic heterocycles. The number of hydrogen-bond donors (Lipinski definition) is 0. The van der Waals surface area contributed by atoms with Gasteiger partial charge in [-0.2, -0.15) is 0 Å². The molecule has 0 spiro atoms. The molecule has 9 atom stereocenters. The van der Waals surface area contributed by atoms with Crippen LogP contribution in [0.25, 0.3) is 0 Å². The van der Waals surface area contributed by atoms with Crippen molar-refractivity contribution >= 4 is 5.97 Å². The third kappa shape index (κ3) is 6.93. The monoisotopic (exact) mass is 543 g/mol. The van der Waals surface area contributed by atoms with Gasteiger partial charge in [0.25, 0.3) is 0 Å². The fourth-order valence-corrected chi connectivity index (χ4v) is 10.9. The second kappa shape index (κ2) is 14.1. The number of ether oxygens (including phenoxy) is 1. The fourth-order valence-electron chi connectivity index (χ4n) is 10.9. The molecule has 2 heteroatoms. The van der Waals surface area contributed by atoms with E-state index in [1.807, 2.05) is 0 Å². The standard InChI is InChI=1S/C37H66O2/c1-7-8-9-10-11-12-13-20-35(38)39-34-19-15-18-29-21-22-30-32-24-23-31(28(4)17-14-16-27(2)3)36(32,5)26-25-33(30)37(29,34)6/h27-34H,7-26H2,1-6H3/t28-,29+,30+,31-,32-,33-,34?,36+,37-/m0/s1. The van der Waals surface area contributed by atoms with Crippen LogP contribution in [0.15, 0.2) is 0 Å². The summed E-state index contributed by atoms with van der Waals surface area (Å²) >= 11 is 0. The zero-order valence-electron chi connectivity index (χ0n) is 27.1. The molecule has 226 valence electrons. The van der Waals surface area contributed by atoms with Crippen LogP contribution < -0.4 is 0 Å². The van der Waals surface area contributed by atoms with Gasteiger partial charge in [-0.3, -0.25) is 4.79 Å². The maximum Gasteiger partial charge on any atom is 0.306 e. The van der Waals surface area contributed by atoms with Gasteiger partial charge < -0.3 is 4.74 Å². The van der Waals surface area contributed by atoms with Gasteiger partial charge in [-0.25, -0.2) is 0 Å². The first-order valence-electron chi connectivity index (χ1n) is 17.9. The minimum atomic E-state index is 0.106. The maximum atomic E-state index is 13.1. The molecular formula is C37H66O2. The molecule has 0 amide bonds. The SMILES string of the molecule is CCCCCCCCCC(=O)OC1CCC[C@@H]2CC[C@@H]3[C@@H]4CC[C@@H]([C@@H](C)CCCC(C)C)[C@@]4(C)CC[C@@H]3[C@@]12C. The van der Waals surface area contributed by atoms with Crippen molar-refractivity contribution in [3.8, 4) is 0 Å². The second-order valence-corrected chi connectivity index (χ2v) is 15.8. The largest absolute Gasteiger partial charge is 0.462 e. The maximum absolute atomic E-state index is 13.1. The Hall–Kier alpha value is -0.530. The summed E-state index contributed by atoms with van der Waals surface area (Å²) in [6, 6.07) is 0. The van der Waals surface area contributed by atoms with Crippen molar-refractivity contribution in [3.63, 3.8) is 0 Å². The van der Waals surface area contributed by atoms with Crippen molar-refractivity contribution in [3.05, 3.63) is 0 Å². The number of unbranched alkanes of at least 4 members (excludes halogenated alkanes) is 6. The summed E-state index contributed by atoms with van der Waals surface area (Å²) < 4.78 is 6.48. The topological polar surface area (TPSA) is 26.3 Å². The van der Waals surface area contributed by atoms with Crippen molar-refractivity contribution in [2.24, 2.45) is 52.3 Å². The highest BCUT2D eigenvalue weighted by atomic mass is 16.5. The van der Waals surface area contributed by atoms with E-state index < -0.39 is 0 Å². The van der Waals surface area contributed by atoms with Crippen molar-refractivity contribution in [2.45, 2.75) is 176 Å². The summed E-state index contributed by atoms with van der Waals surface area (Å²) in [5.41, 5.74) is 0.749. The Bertz CT molecular complexity index is 759. The Morgan fingerprint density at radius 1 is 0.795 bits per heavy atom. The van der Waals surface area contributed by atoms with E-state index in [9.17, 15) is 4.79 Å². The molecule has 4 aliphatic carbocycles. The van der Waals surface area contributed by atoms with Crippen LogP contribution in [-0.2, 0) is 9.53 Å². The van der Waals surface area contributed by atoms with Gasteiger partial charge in [-0.05, 0) is 111 Å². The van der Waals surface area contributed by atoms with Gasteiger partial charge in [0.1, 0.15) is 6.10 Å². The molecule has 4 rings (SSSR count). The summed E-state index contributed by atoms with van der Waals surface area (Å²) in [6.45, 7) is 14.9. The molecule has 2 nitrogen and oxygen atoms in total. The quantitative estimate of drug-likeness (QED) is 0.161. The van der Waals surface area contributed by atoms with Crippen LogP contribution in [0.5, 0.6) is 0 Å². The van der Waals surface area contributed by atoms with Gasteiger partial charge in [0.2, 0.25) is 0 Å². The highest BCUT2D eigenvalue weighted by molar-refractivity contribution is 5.69. The van der Waals surface area contributed by atoms with Crippen molar-refractivity contribution in [1.29, 1.82) is 0 Å². The van der Waals surface area contributed by atoms with Gasteiger partial charge in [0.15, 0.2) is 0 Å². The summed E-state index contributed by atoms with van der Waals surface area (Å²) in [6.07, 6.45) is 26.1. The average molecular weight is 543 g/mol. The van der Waals surface area contributed by atoms with Crippen molar-refractivity contribution < 1.29 is 9.53 Å². The minimum Gasteiger partial charge on any atom is -0.462 e. The molecule has 39 heavy (non-hydrogen) atoms. The van der Waals surface area contributed by atoms with Crippen LogP contribution >= 0.6 is 0 Å². The molecule has 4 saturated carbocycles. The Morgan fingerprint density at radius 2 is 1.54 bits per heavy atom. The normalized spacial score (nSPS) is 38.6. The van der Waals surface area contributed by atoms with Gasteiger partial charge in [0, 0.05) is 11.8 Å². The molecule has 0 aromatic rings. The van der Waals surface area contributed by atoms with E-state index >= 15 is 0 Å². The fraction of sp³-hybridized carbons (Fsp3) is 0.973. The van der Waals surface area contributed by atoms with Gasteiger partial charge in [-0.1, -0.05) is 99.3 Å². The highest BCUT2D eigenvalue weighted by Gasteiger charge is 2.62. The van der Waals surface area contributed by atoms with Crippen LogP contribution in [0.4, 0.5) is 0 Å². The third-order valence-corrected chi connectivity index (χ3v) is 13.1. The summed E-state index contributed by atoms with van der Waals surface area (Å²) in [5.74, 6) is 6.03. The van der Waals surface area contributed by atoms with E-state index in [1.165, 1.54) is 109 Å². The molecule has 0 heterocycles. The second-order valence-electron chi connectivity index (χ2n) is 15.8. The molecule has 0 aromatic carbocycles. The van der Waals surface area contributed by atoms with Crippen LogP contribution in [0.2, 0.25) is 0 Å². The lowest BCUT2D eigenvalue weighted by Gasteiger charge is -2.62. The molecule has 0 bridgehead atoms. The van der Waals surface area contributed by atoms with E-state index in [4.69, 9.17) is 4.74 Å². The molecule has 0 radical (unpaired) electrons. The number of hydrogen-bond acceptors (Lipinski definition) is 2. The molecule has 0 saturated heterocycles. The number of esters is 1. The van der Waals surface area contributed by atoms with Gasteiger partial charge >= 0.3 is 5.97 Å². The average Bonchev–Trinajstić information content (AvgIpc) is 3.25. The van der Waals surface area contributed by atoms with Crippen LogP contribution in [0.3, 0.4) is 0 Å². The summed E-state index contributed by atoms with van der Waals surface area (Å²) in [4.78, 5) is 13.1. The third-order valence-electron chi connectivity index (χ3n) is 13.1. The van der Waals surface area contributed by atoms with E-state index in [-0.39, 0.29) is 17.5 Å².